The summed E-state index contributed by atoms with van der Waals surface area (Å²) in [6.45, 7) is 0.432. The maximum absolute atomic E-state index is 12.4. The molecule has 1 aliphatic carbocycles. The number of halogens is 1. The number of ether oxygens (including phenoxy) is 1. The van der Waals surface area contributed by atoms with Gasteiger partial charge in [-0.05, 0) is 25.2 Å². The number of amides is 2. The highest BCUT2D eigenvalue weighted by molar-refractivity contribution is 5.88. The Morgan fingerprint density at radius 3 is 2.42 bits per heavy atom. The van der Waals surface area contributed by atoms with Crippen molar-refractivity contribution in [2.75, 3.05) is 20.2 Å². The summed E-state index contributed by atoms with van der Waals surface area (Å²) in [5.74, 6) is -0.155. The number of nitrogens with one attached hydrogen (secondary N) is 2. The van der Waals surface area contributed by atoms with Gasteiger partial charge in [0.25, 0.3) is 0 Å². The molecule has 0 spiro atoms. The van der Waals surface area contributed by atoms with Crippen LogP contribution < -0.4 is 16.4 Å². The second-order valence-corrected chi connectivity index (χ2v) is 6.74. The van der Waals surface area contributed by atoms with Crippen LogP contribution >= 0.6 is 12.4 Å². The molecule has 0 saturated heterocycles. The predicted molar refractivity (Wildman–Crippen MR) is 103 cm³/mol. The summed E-state index contributed by atoms with van der Waals surface area (Å²) in [5.41, 5.74) is 5.36. The van der Waals surface area contributed by atoms with Crippen molar-refractivity contribution in [3.63, 3.8) is 0 Å². The molecule has 0 aromatic rings. The van der Waals surface area contributed by atoms with E-state index >= 15 is 0 Å². The minimum absolute atomic E-state index is 0. The molecule has 1 atom stereocenters. The van der Waals surface area contributed by atoms with E-state index in [1.54, 1.807) is 0 Å². The molecule has 2 amide bonds. The number of nitrogens with two attached hydrogens (primary N) is 1. The maximum Gasteiger partial charge on any atom is 0.305 e. The van der Waals surface area contributed by atoms with E-state index in [0.29, 0.717) is 25.3 Å². The lowest BCUT2D eigenvalue weighted by atomic mass is 9.84. The normalized spacial score (nSPS) is 15.5. The summed E-state index contributed by atoms with van der Waals surface area (Å²) in [6, 6.07) is -0.505. The monoisotopic (exact) mass is 391 g/mol. The molecule has 26 heavy (non-hydrogen) atoms. The summed E-state index contributed by atoms with van der Waals surface area (Å²) in [7, 11) is 1.38. The van der Waals surface area contributed by atoms with Crippen LogP contribution in [0.2, 0.25) is 0 Å². The lowest BCUT2D eigenvalue weighted by molar-refractivity contribution is -0.140. The molecule has 0 aromatic carbocycles. The number of unbranched alkanes of at least 4 members (excludes halogenated alkanes) is 2. The number of rotatable bonds is 11. The fraction of sp³-hybridized carbons (Fsp3) is 0.833. The Hall–Kier alpha value is -1.34. The minimum atomic E-state index is -0.505. The lowest BCUT2D eigenvalue weighted by Crippen LogP contribution is -2.49. The Bertz CT molecular complexity index is 429. The van der Waals surface area contributed by atoms with E-state index in [9.17, 15) is 14.4 Å². The third-order valence-electron chi connectivity index (χ3n) is 4.72. The fourth-order valence-electron chi connectivity index (χ4n) is 3.25. The van der Waals surface area contributed by atoms with Crippen molar-refractivity contribution in [3.8, 4) is 0 Å². The molecule has 0 heterocycles. The quantitative estimate of drug-likeness (QED) is 0.366. The molecule has 0 aliphatic heterocycles. The van der Waals surface area contributed by atoms with Crippen molar-refractivity contribution < 1.29 is 19.1 Å². The molecule has 8 heteroatoms. The molecule has 152 valence electrons. The fourth-order valence-corrected chi connectivity index (χ4v) is 3.25. The van der Waals surface area contributed by atoms with Gasteiger partial charge in [-0.1, -0.05) is 38.5 Å². The smallest absolute Gasteiger partial charge is 0.305 e. The van der Waals surface area contributed by atoms with Crippen LogP contribution in [-0.4, -0.2) is 44.0 Å². The summed E-state index contributed by atoms with van der Waals surface area (Å²) >= 11 is 0. The van der Waals surface area contributed by atoms with Crippen LogP contribution in [0.4, 0.5) is 0 Å². The van der Waals surface area contributed by atoms with Gasteiger partial charge in [0, 0.05) is 13.0 Å². The van der Waals surface area contributed by atoms with Crippen LogP contribution in [0.5, 0.6) is 0 Å². The van der Waals surface area contributed by atoms with Crippen LogP contribution in [-0.2, 0) is 19.1 Å². The van der Waals surface area contributed by atoms with Crippen LogP contribution in [0, 0.1) is 5.92 Å². The molecule has 1 saturated carbocycles. The van der Waals surface area contributed by atoms with Crippen LogP contribution in [0.15, 0.2) is 0 Å². The van der Waals surface area contributed by atoms with Crippen molar-refractivity contribution in [2.24, 2.45) is 11.7 Å². The number of carbonyl (C=O) groups excluding carboxylic acids is 3. The standard InChI is InChI=1S/C18H33N3O4.ClH/c1-25-17(23)10-6-3-7-11-20-18(24)15(21-16(22)13-19)12-14-8-4-2-5-9-14;/h14-15H,2-13,19H2,1H3,(H,20,24)(H,21,22);1H/t15-;/m0./s1. The number of esters is 1. The zero-order chi connectivity index (χ0) is 18.5. The second kappa shape index (κ2) is 14.8. The Labute approximate surface area is 162 Å². The zero-order valence-corrected chi connectivity index (χ0v) is 16.6. The Morgan fingerprint density at radius 1 is 1.12 bits per heavy atom. The molecule has 4 N–H and O–H groups in total. The van der Waals surface area contributed by atoms with E-state index in [2.05, 4.69) is 15.4 Å². The van der Waals surface area contributed by atoms with E-state index < -0.39 is 6.04 Å². The first-order chi connectivity index (χ1) is 12.1. The zero-order valence-electron chi connectivity index (χ0n) is 15.8. The van der Waals surface area contributed by atoms with E-state index in [1.807, 2.05) is 0 Å². The van der Waals surface area contributed by atoms with Gasteiger partial charge < -0.3 is 21.1 Å². The highest BCUT2D eigenvalue weighted by atomic mass is 35.5. The van der Waals surface area contributed by atoms with Gasteiger partial charge in [-0.3, -0.25) is 14.4 Å². The van der Waals surface area contributed by atoms with Gasteiger partial charge in [0.15, 0.2) is 0 Å². The van der Waals surface area contributed by atoms with Gasteiger partial charge in [-0.15, -0.1) is 12.4 Å². The molecule has 0 bridgehead atoms. The summed E-state index contributed by atoms with van der Waals surface area (Å²) in [6.07, 6.45) is 9.37. The average molecular weight is 392 g/mol. The number of hydrogen-bond acceptors (Lipinski definition) is 5. The van der Waals surface area contributed by atoms with Crippen molar-refractivity contribution in [3.05, 3.63) is 0 Å². The van der Waals surface area contributed by atoms with Crippen LogP contribution in [0.3, 0.4) is 0 Å². The second-order valence-electron chi connectivity index (χ2n) is 6.74. The number of hydrogen-bond donors (Lipinski definition) is 3. The molecule has 1 aliphatic rings. The Balaban J connectivity index is 0.00000625. The highest BCUT2D eigenvalue weighted by Crippen LogP contribution is 2.27. The first kappa shape index (κ1) is 24.7. The van der Waals surface area contributed by atoms with Crippen molar-refractivity contribution >= 4 is 30.2 Å². The van der Waals surface area contributed by atoms with Gasteiger partial charge in [0.05, 0.1) is 13.7 Å². The van der Waals surface area contributed by atoms with Crippen molar-refractivity contribution in [1.82, 2.24) is 10.6 Å². The third-order valence-corrected chi connectivity index (χ3v) is 4.72. The van der Waals surface area contributed by atoms with Gasteiger partial charge >= 0.3 is 5.97 Å². The molecule has 0 radical (unpaired) electrons. The Kier molecular flexibility index (Phi) is 14.0. The number of methoxy groups -OCH3 is 1. The van der Waals surface area contributed by atoms with E-state index in [4.69, 9.17) is 5.73 Å². The van der Waals surface area contributed by atoms with Gasteiger partial charge in [0.1, 0.15) is 6.04 Å². The molecular weight excluding hydrogens is 358 g/mol. The average Bonchev–Trinajstić information content (AvgIpc) is 2.64. The Morgan fingerprint density at radius 2 is 1.81 bits per heavy atom. The largest absolute Gasteiger partial charge is 0.469 e. The van der Waals surface area contributed by atoms with Crippen molar-refractivity contribution in [1.29, 1.82) is 0 Å². The van der Waals surface area contributed by atoms with E-state index in [0.717, 1.165) is 32.1 Å². The molecule has 0 aromatic heterocycles. The van der Waals surface area contributed by atoms with Crippen LogP contribution in [0.25, 0.3) is 0 Å². The van der Waals surface area contributed by atoms with Gasteiger partial charge in [-0.2, -0.15) is 0 Å². The first-order valence-electron chi connectivity index (χ1n) is 9.40. The first-order valence-corrected chi connectivity index (χ1v) is 9.40. The molecule has 1 fully saturated rings. The van der Waals surface area contributed by atoms with Gasteiger partial charge in [0.2, 0.25) is 11.8 Å². The molecule has 1 rings (SSSR count). The lowest BCUT2D eigenvalue weighted by Gasteiger charge is -2.26. The van der Waals surface area contributed by atoms with E-state index in [-0.39, 0.29) is 36.7 Å². The predicted octanol–water partition coefficient (Wildman–Crippen LogP) is 1.67. The maximum atomic E-state index is 12.4. The van der Waals surface area contributed by atoms with E-state index in [1.165, 1.54) is 26.4 Å². The number of carbonyl (C=O) groups is 3. The summed E-state index contributed by atoms with van der Waals surface area (Å²) < 4.78 is 4.59. The molecular formula is C18H34ClN3O4. The third kappa shape index (κ3) is 10.6. The topological polar surface area (TPSA) is 111 Å². The molecule has 0 unspecified atom stereocenters. The van der Waals surface area contributed by atoms with Crippen LogP contribution in [0.1, 0.15) is 64.2 Å². The summed E-state index contributed by atoms with van der Waals surface area (Å²) in [4.78, 5) is 35.1. The summed E-state index contributed by atoms with van der Waals surface area (Å²) in [5, 5.41) is 5.64. The van der Waals surface area contributed by atoms with Gasteiger partial charge in [-0.25, -0.2) is 0 Å². The van der Waals surface area contributed by atoms with Crippen molar-refractivity contribution in [2.45, 2.75) is 70.3 Å². The molecule has 7 nitrogen and oxygen atoms in total. The highest BCUT2D eigenvalue weighted by Gasteiger charge is 2.25. The minimum Gasteiger partial charge on any atom is -0.469 e. The SMILES string of the molecule is COC(=O)CCCCCNC(=O)[C@H](CC1CCCCC1)NC(=O)CN.Cl.